The number of benzene rings is 2. The van der Waals surface area contributed by atoms with Crippen molar-refractivity contribution >= 4 is 29.4 Å². The molecule has 0 spiro atoms. The van der Waals surface area contributed by atoms with Crippen LogP contribution in [0.15, 0.2) is 48.5 Å². The molecule has 0 fully saturated rings. The number of esters is 1. The first kappa shape index (κ1) is 16.2. The Kier molecular flexibility index (Phi) is 4.62. The first-order valence-corrected chi connectivity index (χ1v) is 7.84. The summed E-state index contributed by atoms with van der Waals surface area (Å²) in [5.74, 6) is -1.15. The number of halogens is 1. The number of nitrogens with zero attached hydrogens (tertiary/aromatic N) is 1. The van der Waals surface area contributed by atoms with E-state index in [1.165, 1.54) is 4.90 Å². The lowest BCUT2D eigenvalue weighted by Gasteiger charge is -2.13. The van der Waals surface area contributed by atoms with Gasteiger partial charge in [0.2, 0.25) is 0 Å². The molecule has 0 saturated carbocycles. The lowest BCUT2D eigenvalue weighted by Crippen LogP contribution is -2.31. The van der Waals surface area contributed by atoms with Gasteiger partial charge in [-0.3, -0.25) is 14.5 Å². The highest BCUT2D eigenvalue weighted by molar-refractivity contribution is 6.33. The lowest BCUT2D eigenvalue weighted by atomic mass is 10.1. The Hall–Kier alpha value is -2.66. The highest BCUT2D eigenvalue weighted by Crippen LogP contribution is 2.22. The van der Waals surface area contributed by atoms with Crippen molar-refractivity contribution in [3.05, 3.63) is 70.2 Å². The maximum atomic E-state index is 12.2. The number of rotatable bonds is 5. The third-order valence-electron chi connectivity index (χ3n) is 3.73. The molecule has 0 aromatic heterocycles. The molecule has 0 atom stereocenters. The minimum atomic E-state index is -0.525. The van der Waals surface area contributed by atoms with Crippen molar-refractivity contribution < 1.29 is 19.1 Å². The standard InChI is InChI=1S/C18H14ClNO4/c19-15-9-4-3-8-14(15)18(23)24-11-5-10-20-16(21)12-6-1-2-7-13(12)17(20)22/h1-4,6-9H,5,10-11H2. The molecule has 122 valence electrons. The zero-order chi connectivity index (χ0) is 17.1. The molecule has 0 aliphatic carbocycles. The Morgan fingerprint density at radius 2 is 1.54 bits per heavy atom. The third kappa shape index (κ3) is 3.03. The molecular weight excluding hydrogens is 330 g/mol. The first-order chi connectivity index (χ1) is 11.6. The average molecular weight is 344 g/mol. The molecule has 0 N–H and O–H groups in total. The number of carbonyl (C=O) groups is 3. The van der Waals surface area contributed by atoms with Gasteiger partial charge in [0.25, 0.3) is 11.8 Å². The van der Waals surface area contributed by atoms with E-state index >= 15 is 0 Å². The van der Waals surface area contributed by atoms with Gasteiger partial charge in [-0.15, -0.1) is 0 Å². The van der Waals surface area contributed by atoms with Crippen molar-refractivity contribution in [2.45, 2.75) is 6.42 Å². The summed E-state index contributed by atoms with van der Waals surface area (Å²) in [4.78, 5) is 37.5. The lowest BCUT2D eigenvalue weighted by molar-refractivity contribution is 0.0482. The Morgan fingerprint density at radius 1 is 0.958 bits per heavy atom. The van der Waals surface area contributed by atoms with Gasteiger partial charge in [0.05, 0.1) is 28.3 Å². The average Bonchev–Trinajstić information content (AvgIpc) is 2.84. The largest absolute Gasteiger partial charge is 0.462 e. The van der Waals surface area contributed by atoms with Gasteiger partial charge in [-0.2, -0.15) is 0 Å². The van der Waals surface area contributed by atoms with Crippen LogP contribution in [0.3, 0.4) is 0 Å². The zero-order valence-corrected chi connectivity index (χ0v) is 13.5. The smallest absolute Gasteiger partial charge is 0.339 e. The van der Waals surface area contributed by atoms with E-state index in [1.54, 1.807) is 48.5 Å². The van der Waals surface area contributed by atoms with Crippen LogP contribution in [0.1, 0.15) is 37.5 Å². The van der Waals surface area contributed by atoms with Gasteiger partial charge >= 0.3 is 5.97 Å². The SMILES string of the molecule is O=C(OCCCN1C(=O)c2ccccc2C1=O)c1ccccc1Cl. The van der Waals surface area contributed by atoms with Crippen LogP contribution in [0.2, 0.25) is 5.02 Å². The molecule has 1 aliphatic heterocycles. The fraction of sp³-hybridized carbons (Fsp3) is 0.167. The van der Waals surface area contributed by atoms with Crippen molar-refractivity contribution in [1.29, 1.82) is 0 Å². The second-order valence-electron chi connectivity index (χ2n) is 5.28. The minimum Gasteiger partial charge on any atom is -0.462 e. The molecule has 0 radical (unpaired) electrons. The summed E-state index contributed by atoms with van der Waals surface area (Å²) in [6, 6.07) is 13.3. The van der Waals surface area contributed by atoms with E-state index in [1.807, 2.05) is 0 Å². The Morgan fingerprint density at radius 3 is 2.17 bits per heavy atom. The number of hydrogen-bond donors (Lipinski definition) is 0. The van der Waals surface area contributed by atoms with Crippen LogP contribution in [0.5, 0.6) is 0 Å². The van der Waals surface area contributed by atoms with E-state index in [0.29, 0.717) is 28.1 Å². The number of ether oxygens (including phenoxy) is 1. The second kappa shape index (κ2) is 6.84. The quantitative estimate of drug-likeness (QED) is 0.475. The molecule has 3 rings (SSSR count). The summed E-state index contributed by atoms with van der Waals surface area (Å²) in [6.07, 6.45) is 0.363. The van der Waals surface area contributed by atoms with Gasteiger partial charge in [-0.1, -0.05) is 35.9 Å². The molecule has 24 heavy (non-hydrogen) atoms. The van der Waals surface area contributed by atoms with E-state index in [0.717, 1.165) is 0 Å². The van der Waals surface area contributed by atoms with Crippen molar-refractivity contribution in [3.63, 3.8) is 0 Å². The molecule has 0 saturated heterocycles. The van der Waals surface area contributed by atoms with E-state index in [9.17, 15) is 14.4 Å². The maximum Gasteiger partial charge on any atom is 0.339 e. The maximum absolute atomic E-state index is 12.2. The summed E-state index contributed by atoms with van der Waals surface area (Å²) in [5, 5.41) is 0.322. The van der Waals surface area contributed by atoms with Crippen LogP contribution in [0.25, 0.3) is 0 Å². The van der Waals surface area contributed by atoms with Crippen molar-refractivity contribution in [3.8, 4) is 0 Å². The molecule has 1 aliphatic rings. The first-order valence-electron chi connectivity index (χ1n) is 7.46. The summed E-state index contributed by atoms with van der Waals surface area (Å²) in [5.41, 5.74) is 1.12. The number of carbonyl (C=O) groups excluding carboxylic acids is 3. The molecule has 0 bridgehead atoms. The van der Waals surface area contributed by atoms with E-state index in [4.69, 9.17) is 16.3 Å². The normalized spacial score (nSPS) is 13.1. The van der Waals surface area contributed by atoms with Crippen LogP contribution in [0.4, 0.5) is 0 Å². The summed E-state index contributed by atoms with van der Waals surface area (Å²) in [7, 11) is 0. The van der Waals surface area contributed by atoms with Gasteiger partial charge in [0.1, 0.15) is 0 Å². The summed E-state index contributed by atoms with van der Waals surface area (Å²) in [6.45, 7) is 0.291. The molecule has 1 heterocycles. The van der Waals surface area contributed by atoms with Gasteiger partial charge in [0, 0.05) is 6.54 Å². The predicted molar refractivity (Wildman–Crippen MR) is 88.2 cm³/mol. The van der Waals surface area contributed by atoms with E-state index in [2.05, 4.69) is 0 Å². The van der Waals surface area contributed by atoms with Gasteiger partial charge in [-0.05, 0) is 30.7 Å². The Balaban J connectivity index is 1.53. The van der Waals surface area contributed by atoms with Crippen LogP contribution in [-0.4, -0.2) is 35.8 Å². The Bertz CT molecular complexity index is 783. The van der Waals surface area contributed by atoms with Crippen molar-refractivity contribution in [2.24, 2.45) is 0 Å². The van der Waals surface area contributed by atoms with Crippen LogP contribution < -0.4 is 0 Å². The molecule has 6 heteroatoms. The monoisotopic (exact) mass is 343 g/mol. The number of hydrogen-bond acceptors (Lipinski definition) is 4. The van der Waals surface area contributed by atoms with Gasteiger partial charge in [0.15, 0.2) is 0 Å². The van der Waals surface area contributed by atoms with Gasteiger partial charge < -0.3 is 4.74 Å². The number of fused-ring (bicyclic) bond motifs is 1. The number of amides is 2. The van der Waals surface area contributed by atoms with E-state index < -0.39 is 5.97 Å². The summed E-state index contributed by atoms with van der Waals surface area (Å²) >= 11 is 5.93. The van der Waals surface area contributed by atoms with Gasteiger partial charge in [-0.25, -0.2) is 4.79 Å². The molecule has 2 aromatic carbocycles. The van der Waals surface area contributed by atoms with Crippen LogP contribution in [0, 0.1) is 0 Å². The van der Waals surface area contributed by atoms with Crippen LogP contribution >= 0.6 is 11.6 Å². The molecular formula is C18H14ClNO4. The topological polar surface area (TPSA) is 63.7 Å². The molecule has 5 nitrogen and oxygen atoms in total. The third-order valence-corrected chi connectivity index (χ3v) is 4.06. The molecule has 2 amide bonds. The molecule has 2 aromatic rings. The highest BCUT2D eigenvalue weighted by Gasteiger charge is 2.34. The zero-order valence-electron chi connectivity index (χ0n) is 12.7. The summed E-state index contributed by atoms with van der Waals surface area (Å²) < 4.78 is 5.14. The van der Waals surface area contributed by atoms with Crippen molar-refractivity contribution in [1.82, 2.24) is 4.90 Å². The minimum absolute atomic E-state index is 0.0947. The second-order valence-corrected chi connectivity index (χ2v) is 5.68. The Labute approximate surface area is 143 Å². The van der Waals surface area contributed by atoms with Crippen LogP contribution in [-0.2, 0) is 4.74 Å². The number of imide groups is 1. The van der Waals surface area contributed by atoms with E-state index in [-0.39, 0.29) is 25.0 Å². The molecule has 0 unspecified atom stereocenters. The fourth-order valence-corrected chi connectivity index (χ4v) is 2.75. The fourth-order valence-electron chi connectivity index (χ4n) is 2.53. The van der Waals surface area contributed by atoms with Crippen molar-refractivity contribution in [2.75, 3.05) is 13.2 Å². The highest BCUT2D eigenvalue weighted by atomic mass is 35.5. The predicted octanol–water partition coefficient (Wildman–Crippen LogP) is 3.18.